The monoisotopic (exact) mass is 235 g/mol. The van der Waals surface area contributed by atoms with E-state index < -0.39 is 6.10 Å². The Morgan fingerprint density at radius 2 is 2.24 bits per heavy atom. The number of rotatable bonds is 6. The molecule has 1 saturated carbocycles. The Morgan fingerprint density at radius 3 is 2.88 bits per heavy atom. The molecule has 0 aromatic heterocycles. The van der Waals surface area contributed by atoms with Gasteiger partial charge in [-0.1, -0.05) is 11.6 Å². The fourth-order valence-electron chi connectivity index (χ4n) is 1.97. The first-order valence-electron chi connectivity index (χ1n) is 6.24. The molecule has 0 saturated heterocycles. The zero-order valence-electron chi connectivity index (χ0n) is 10.6. The molecule has 1 fully saturated rings. The van der Waals surface area contributed by atoms with Gasteiger partial charge in [-0.3, -0.25) is 0 Å². The predicted molar refractivity (Wildman–Crippen MR) is 68.3 cm³/mol. The van der Waals surface area contributed by atoms with Crippen LogP contribution in [-0.4, -0.2) is 25.3 Å². The Bertz CT molecular complexity index is 374. The van der Waals surface area contributed by atoms with Crippen molar-refractivity contribution >= 4 is 0 Å². The van der Waals surface area contributed by atoms with Crippen molar-refractivity contribution in [2.75, 3.05) is 20.2 Å². The molecule has 0 radical (unpaired) electrons. The number of benzene rings is 1. The van der Waals surface area contributed by atoms with Crippen LogP contribution in [0.2, 0.25) is 0 Å². The lowest BCUT2D eigenvalue weighted by Gasteiger charge is -2.16. The van der Waals surface area contributed by atoms with Crippen molar-refractivity contribution in [3.63, 3.8) is 0 Å². The van der Waals surface area contributed by atoms with E-state index in [0.717, 1.165) is 29.3 Å². The second kappa shape index (κ2) is 5.52. The first kappa shape index (κ1) is 12.4. The van der Waals surface area contributed by atoms with Crippen molar-refractivity contribution in [1.82, 2.24) is 5.32 Å². The van der Waals surface area contributed by atoms with Gasteiger partial charge in [0.25, 0.3) is 0 Å². The number of hydrogen-bond donors (Lipinski definition) is 2. The van der Waals surface area contributed by atoms with Crippen molar-refractivity contribution in [2.45, 2.75) is 25.9 Å². The van der Waals surface area contributed by atoms with Crippen LogP contribution in [0.3, 0.4) is 0 Å². The van der Waals surface area contributed by atoms with E-state index in [1.54, 1.807) is 7.11 Å². The average Bonchev–Trinajstić information content (AvgIpc) is 3.13. The lowest BCUT2D eigenvalue weighted by molar-refractivity contribution is 0.170. The SMILES string of the molecule is COc1ccc(C)cc1C(O)CNCC1CC1. The minimum Gasteiger partial charge on any atom is -0.496 e. The number of hydrogen-bond acceptors (Lipinski definition) is 3. The highest BCUT2D eigenvalue weighted by Crippen LogP contribution is 2.28. The van der Waals surface area contributed by atoms with E-state index in [0.29, 0.717) is 6.54 Å². The molecule has 3 heteroatoms. The van der Waals surface area contributed by atoms with Crippen LogP contribution in [0.15, 0.2) is 18.2 Å². The smallest absolute Gasteiger partial charge is 0.124 e. The maximum absolute atomic E-state index is 10.1. The third-order valence-corrected chi connectivity index (χ3v) is 3.21. The minimum atomic E-state index is -0.497. The van der Waals surface area contributed by atoms with Gasteiger partial charge in [-0.25, -0.2) is 0 Å². The fraction of sp³-hybridized carbons (Fsp3) is 0.571. The van der Waals surface area contributed by atoms with Crippen molar-refractivity contribution in [3.8, 4) is 5.75 Å². The topological polar surface area (TPSA) is 41.5 Å². The quantitative estimate of drug-likeness (QED) is 0.793. The summed E-state index contributed by atoms with van der Waals surface area (Å²) in [7, 11) is 1.64. The van der Waals surface area contributed by atoms with Crippen LogP contribution in [0.25, 0.3) is 0 Å². The molecular formula is C14H21NO2. The molecule has 94 valence electrons. The van der Waals surface area contributed by atoms with Gasteiger partial charge in [-0.15, -0.1) is 0 Å². The van der Waals surface area contributed by atoms with Gasteiger partial charge in [0.1, 0.15) is 5.75 Å². The lowest BCUT2D eigenvalue weighted by atomic mass is 10.1. The molecule has 2 N–H and O–H groups in total. The highest BCUT2D eigenvalue weighted by atomic mass is 16.5. The molecule has 0 aliphatic heterocycles. The summed E-state index contributed by atoms with van der Waals surface area (Å²) in [4.78, 5) is 0. The van der Waals surface area contributed by atoms with Gasteiger partial charge in [0.05, 0.1) is 13.2 Å². The predicted octanol–water partition coefficient (Wildman–Crippen LogP) is 2.04. The Balaban J connectivity index is 1.95. The van der Waals surface area contributed by atoms with Gasteiger partial charge in [-0.05, 0) is 44.4 Å². The highest BCUT2D eigenvalue weighted by molar-refractivity contribution is 5.38. The van der Waals surface area contributed by atoms with Crippen LogP contribution in [0, 0.1) is 12.8 Å². The summed E-state index contributed by atoms with van der Waals surface area (Å²) < 4.78 is 5.27. The molecule has 0 heterocycles. The molecule has 2 rings (SSSR count). The summed E-state index contributed by atoms with van der Waals surface area (Å²) in [5.74, 6) is 1.60. The fourth-order valence-corrected chi connectivity index (χ4v) is 1.97. The molecule has 0 spiro atoms. The number of aliphatic hydroxyl groups excluding tert-OH is 1. The van der Waals surface area contributed by atoms with Gasteiger partial charge in [0.2, 0.25) is 0 Å². The van der Waals surface area contributed by atoms with Crippen LogP contribution < -0.4 is 10.1 Å². The zero-order chi connectivity index (χ0) is 12.3. The van der Waals surface area contributed by atoms with Gasteiger partial charge < -0.3 is 15.2 Å². The molecule has 3 nitrogen and oxygen atoms in total. The Morgan fingerprint density at radius 1 is 1.47 bits per heavy atom. The zero-order valence-corrected chi connectivity index (χ0v) is 10.6. The lowest BCUT2D eigenvalue weighted by Crippen LogP contribution is -2.23. The van der Waals surface area contributed by atoms with Crippen LogP contribution in [-0.2, 0) is 0 Å². The number of aliphatic hydroxyl groups is 1. The number of nitrogens with one attached hydrogen (secondary N) is 1. The molecule has 0 amide bonds. The van der Waals surface area contributed by atoms with Crippen LogP contribution in [0.5, 0.6) is 5.75 Å². The molecule has 1 unspecified atom stereocenters. The molecule has 1 aromatic carbocycles. The van der Waals surface area contributed by atoms with Gasteiger partial charge in [0, 0.05) is 12.1 Å². The maximum atomic E-state index is 10.1. The summed E-state index contributed by atoms with van der Waals surface area (Å²) >= 11 is 0. The van der Waals surface area contributed by atoms with Crippen LogP contribution >= 0.6 is 0 Å². The van der Waals surface area contributed by atoms with Crippen LogP contribution in [0.1, 0.15) is 30.1 Å². The first-order chi connectivity index (χ1) is 8.20. The number of ether oxygens (including phenoxy) is 1. The molecule has 1 aliphatic carbocycles. The van der Waals surface area contributed by atoms with E-state index in [4.69, 9.17) is 4.74 Å². The van der Waals surface area contributed by atoms with E-state index in [1.165, 1.54) is 12.8 Å². The van der Waals surface area contributed by atoms with Gasteiger partial charge >= 0.3 is 0 Å². The Hall–Kier alpha value is -1.06. The molecule has 17 heavy (non-hydrogen) atoms. The first-order valence-corrected chi connectivity index (χ1v) is 6.24. The maximum Gasteiger partial charge on any atom is 0.124 e. The number of methoxy groups -OCH3 is 1. The van der Waals surface area contributed by atoms with E-state index >= 15 is 0 Å². The van der Waals surface area contributed by atoms with E-state index in [2.05, 4.69) is 5.32 Å². The third-order valence-electron chi connectivity index (χ3n) is 3.21. The molecular weight excluding hydrogens is 214 g/mol. The molecule has 1 atom stereocenters. The molecule has 1 aromatic rings. The van der Waals surface area contributed by atoms with Crippen LogP contribution in [0.4, 0.5) is 0 Å². The van der Waals surface area contributed by atoms with Crippen molar-refractivity contribution in [2.24, 2.45) is 5.92 Å². The largest absolute Gasteiger partial charge is 0.496 e. The second-order valence-corrected chi connectivity index (χ2v) is 4.86. The third kappa shape index (κ3) is 3.45. The number of aryl methyl sites for hydroxylation is 1. The molecule has 1 aliphatic rings. The normalized spacial score (nSPS) is 16.9. The average molecular weight is 235 g/mol. The Kier molecular flexibility index (Phi) is 4.02. The molecule has 0 bridgehead atoms. The summed E-state index contributed by atoms with van der Waals surface area (Å²) in [5.41, 5.74) is 2.01. The summed E-state index contributed by atoms with van der Waals surface area (Å²) in [6, 6.07) is 5.89. The van der Waals surface area contributed by atoms with Crippen molar-refractivity contribution < 1.29 is 9.84 Å². The minimum absolute atomic E-state index is 0.497. The standard InChI is InChI=1S/C14H21NO2/c1-10-3-6-14(17-2)12(7-10)13(16)9-15-8-11-4-5-11/h3,6-7,11,13,15-16H,4-5,8-9H2,1-2H3. The highest BCUT2D eigenvalue weighted by Gasteiger charge is 2.21. The van der Waals surface area contributed by atoms with E-state index in [1.807, 2.05) is 25.1 Å². The second-order valence-electron chi connectivity index (χ2n) is 4.86. The van der Waals surface area contributed by atoms with Crippen molar-refractivity contribution in [3.05, 3.63) is 29.3 Å². The summed E-state index contributed by atoms with van der Waals surface area (Å²) in [6.07, 6.45) is 2.16. The summed E-state index contributed by atoms with van der Waals surface area (Å²) in [6.45, 7) is 3.63. The summed E-state index contributed by atoms with van der Waals surface area (Å²) in [5, 5.41) is 13.5. The van der Waals surface area contributed by atoms with Crippen molar-refractivity contribution in [1.29, 1.82) is 0 Å². The van der Waals surface area contributed by atoms with Gasteiger partial charge in [-0.2, -0.15) is 0 Å². The Labute approximate surface area is 103 Å². The van der Waals surface area contributed by atoms with E-state index in [-0.39, 0.29) is 0 Å². The van der Waals surface area contributed by atoms with Gasteiger partial charge in [0.15, 0.2) is 0 Å². The van der Waals surface area contributed by atoms with E-state index in [9.17, 15) is 5.11 Å².